The number of amides is 1. The molecular formula is C22H22Cl2N4O5S. The molecule has 2 heterocycles. The zero-order chi connectivity index (χ0) is 24.5. The predicted molar refractivity (Wildman–Crippen MR) is 129 cm³/mol. The van der Waals surface area contributed by atoms with Crippen molar-refractivity contribution in [3.63, 3.8) is 0 Å². The van der Waals surface area contributed by atoms with Crippen molar-refractivity contribution in [1.29, 1.82) is 0 Å². The van der Waals surface area contributed by atoms with Gasteiger partial charge >= 0.3 is 10.4 Å². The fourth-order valence-corrected chi connectivity index (χ4v) is 4.71. The van der Waals surface area contributed by atoms with E-state index in [2.05, 4.69) is 14.7 Å². The lowest BCUT2D eigenvalue weighted by Crippen LogP contribution is -2.45. The maximum Gasteiger partial charge on any atom is 0.446 e. The topological polar surface area (TPSA) is 114 Å². The smallest absolute Gasteiger partial charge is 0.362 e. The Labute approximate surface area is 207 Å². The van der Waals surface area contributed by atoms with Crippen molar-refractivity contribution in [3.8, 4) is 22.7 Å². The van der Waals surface area contributed by atoms with E-state index in [-0.39, 0.29) is 17.4 Å². The number of rotatable bonds is 6. The van der Waals surface area contributed by atoms with Crippen LogP contribution in [0.15, 0.2) is 42.5 Å². The third kappa shape index (κ3) is 5.53. The first-order valence-electron chi connectivity index (χ1n) is 10.5. The van der Waals surface area contributed by atoms with E-state index < -0.39 is 10.4 Å². The van der Waals surface area contributed by atoms with Crippen LogP contribution in [0.4, 0.5) is 0 Å². The molecule has 0 atom stereocenters. The number of halogens is 2. The lowest BCUT2D eigenvalue weighted by molar-refractivity contribution is 0.0743. The quantitative estimate of drug-likeness (QED) is 0.457. The van der Waals surface area contributed by atoms with Crippen LogP contribution >= 0.6 is 23.2 Å². The van der Waals surface area contributed by atoms with Crippen LogP contribution in [0.25, 0.3) is 16.9 Å². The number of hydrazine groups is 1. The second-order valence-corrected chi connectivity index (χ2v) is 9.72. The van der Waals surface area contributed by atoms with Gasteiger partial charge in [-0.3, -0.25) is 14.8 Å². The molecule has 9 nitrogen and oxygen atoms in total. The van der Waals surface area contributed by atoms with Gasteiger partial charge in [0.05, 0.1) is 16.4 Å². The highest BCUT2D eigenvalue weighted by Crippen LogP contribution is 2.33. The van der Waals surface area contributed by atoms with Gasteiger partial charge in [0.25, 0.3) is 5.91 Å². The van der Waals surface area contributed by atoms with E-state index in [1.807, 2.05) is 5.01 Å². The maximum atomic E-state index is 13.1. The van der Waals surface area contributed by atoms with Crippen LogP contribution in [0.3, 0.4) is 0 Å². The molecule has 2 aromatic carbocycles. The van der Waals surface area contributed by atoms with Crippen molar-refractivity contribution in [2.75, 3.05) is 13.1 Å². The minimum Gasteiger partial charge on any atom is -0.362 e. The van der Waals surface area contributed by atoms with Crippen molar-refractivity contribution >= 4 is 39.5 Å². The summed E-state index contributed by atoms with van der Waals surface area (Å²) in [7, 11) is -4.65. The van der Waals surface area contributed by atoms with Crippen molar-refractivity contribution in [2.24, 2.45) is 0 Å². The van der Waals surface area contributed by atoms with Crippen molar-refractivity contribution in [2.45, 2.75) is 26.2 Å². The van der Waals surface area contributed by atoms with Gasteiger partial charge in [0.15, 0.2) is 5.69 Å². The molecule has 1 aliphatic heterocycles. The van der Waals surface area contributed by atoms with Gasteiger partial charge in [-0.05, 0) is 62.2 Å². The van der Waals surface area contributed by atoms with Crippen LogP contribution in [-0.2, 0) is 10.4 Å². The number of hydrogen-bond donors (Lipinski definition) is 2. The Morgan fingerprint density at radius 3 is 2.38 bits per heavy atom. The van der Waals surface area contributed by atoms with Crippen LogP contribution in [0.2, 0.25) is 10.0 Å². The first kappa shape index (κ1) is 24.5. The third-order valence-electron chi connectivity index (χ3n) is 5.42. The van der Waals surface area contributed by atoms with E-state index in [4.69, 9.17) is 27.8 Å². The zero-order valence-corrected chi connectivity index (χ0v) is 20.5. The Balaban J connectivity index is 1.78. The lowest BCUT2D eigenvalue weighted by atomic mass is 10.1. The normalized spacial score (nSPS) is 14.7. The highest BCUT2D eigenvalue weighted by molar-refractivity contribution is 7.81. The van der Waals surface area contributed by atoms with Gasteiger partial charge in [-0.25, -0.2) is 9.69 Å². The van der Waals surface area contributed by atoms with Gasteiger partial charge in [-0.1, -0.05) is 29.6 Å². The summed E-state index contributed by atoms with van der Waals surface area (Å²) in [5.41, 5.74) is 5.47. The fraction of sp³-hybridized carbons (Fsp3) is 0.273. The highest BCUT2D eigenvalue weighted by Gasteiger charge is 2.25. The molecule has 3 aromatic rings. The molecule has 1 saturated heterocycles. The zero-order valence-electron chi connectivity index (χ0n) is 18.2. The summed E-state index contributed by atoms with van der Waals surface area (Å²) >= 11 is 12.5. The molecular weight excluding hydrogens is 503 g/mol. The fourth-order valence-electron chi connectivity index (χ4n) is 3.87. The second kappa shape index (κ2) is 9.93. The standard InChI is InChI=1S/C22H22Cl2N4O5S/c1-14-20(22(29)26-27-11-3-2-4-12-27)25-28(19-10-7-16(23)13-18(19)24)21(14)15-5-8-17(9-6-15)33-34(30,31)32/h5-10,13H,2-4,11-12H2,1H3,(H,26,29)(H,30,31,32). The van der Waals surface area contributed by atoms with E-state index in [0.29, 0.717) is 32.6 Å². The number of nitrogens with one attached hydrogen (secondary N) is 1. The molecule has 0 aliphatic carbocycles. The van der Waals surface area contributed by atoms with Crippen molar-refractivity contribution in [3.05, 3.63) is 63.8 Å². The van der Waals surface area contributed by atoms with Gasteiger partial charge in [-0.2, -0.15) is 13.5 Å². The molecule has 1 aliphatic rings. The summed E-state index contributed by atoms with van der Waals surface area (Å²) in [5, 5.41) is 7.26. The molecule has 1 aromatic heterocycles. The van der Waals surface area contributed by atoms with E-state index in [0.717, 1.165) is 32.4 Å². The Bertz CT molecular complexity index is 1320. The van der Waals surface area contributed by atoms with Crippen LogP contribution in [0.1, 0.15) is 35.3 Å². The molecule has 0 unspecified atom stereocenters. The minimum absolute atomic E-state index is 0.0671. The molecule has 0 saturated carbocycles. The molecule has 34 heavy (non-hydrogen) atoms. The van der Waals surface area contributed by atoms with Gasteiger partial charge in [0.1, 0.15) is 5.75 Å². The van der Waals surface area contributed by atoms with E-state index in [1.54, 1.807) is 41.9 Å². The summed E-state index contributed by atoms with van der Waals surface area (Å²) in [6, 6.07) is 10.9. The SMILES string of the molecule is Cc1c(C(=O)NN2CCCCC2)nn(-c2ccc(Cl)cc2Cl)c1-c1ccc(OS(=O)(=O)O)cc1. The molecule has 0 spiro atoms. The number of aromatic nitrogens is 2. The first-order valence-corrected chi connectivity index (χ1v) is 12.6. The maximum absolute atomic E-state index is 13.1. The summed E-state index contributed by atoms with van der Waals surface area (Å²) in [4.78, 5) is 13.1. The molecule has 0 radical (unpaired) electrons. The Morgan fingerprint density at radius 2 is 1.76 bits per heavy atom. The molecule has 1 amide bonds. The highest BCUT2D eigenvalue weighted by atomic mass is 35.5. The molecule has 2 N–H and O–H groups in total. The number of carbonyl (C=O) groups excluding carboxylic acids is 1. The van der Waals surface area contributed by atoms with Crippen LogP contribution < -0.4 is 9.61 Å². The lowest BCUT2D eigenvalue weighted by Gasteiger charge is -2.26. The van der Waals surface area contributed by atoms with E-state index >= 15 is 0 Å². The summed E-state index contributed by atoms with van der Waals surface area (Å²) < 4.78 is 37.0. The molecule has 12 heteroatoms. The first-order chi connectivity index (χ1) is 16.1. The van der Waals surface area contributed by atoms with Gasteiger partial charge in [0, 0.05) is 29.2 Å². The average molecular weight is 525 g/mol. The third-order valence-corrected chi connectivity index (χ3v) is 6.36. The molecule has 4 rings (SSSR count). The van der Waals surface area contributed by atoms with Crippen molar-refractivity contribution < 1.29 is 21.9 Å². The largest absolute Gasteiger partial charge is 0.446 e. The van der Waals surface area contributed by atoms with Gasteiger partial charge in [0.2, 0.25) is 0 Å². The van der Waals surface area contributed by atoms with Crippen molar-refractivity contribution in [1.82, 2.24) is 20.2 Å². The number of benzene rings is 2. The number of carbonyl (C=O) groups is 1. The molecule has 1 fully saturated rings. The molecule has 180 valence electrons. The average Bonchev–Trinajstić information content (AvgIpc) is 3.11. The minimum atomic E-state index is -4.65. The van der Waals surface area contributed by atoms with Gasteiger partial charge < -0.3 is 4.18 Å². The monoisotopic (exact) mass is 524 g/mol. The number of piperidine rings is 1. The Kier molecular flexibility index (Phi) is 7.15. The Hall–Kier alpha value is -2.63. The summed E-state index contributed by atoms with van der Waals surface area (Å²) in [5.74, 6) is -0.404. The molecule has 0 bridgehead atoms. The van der Waals surface area contributed by atoms with Crippen LogP contribution in [0.5, 0.6) is 5.75 Å². The summed E-state index contributed by atoms with van der Waals surface area (Å²) in [6.45, 7) is 3.32. The number of nitrogens with zero attached hydrogens (tertiary/aromatic N) is 3. The second-order valence-electron chi connectivity index (χ2n) is 7.85. The predicted octanol–water partition coefficient (Wildman–Crippen LogP) is 4.47. The summed E-state index contributed by atoms with van der Waals surface area (Å²) in [6.07, 6.45) is 3.16. The number of hydrogen-bond acceptors (Lipinski definition) is 6. The van der Waals surface area contributed by atoms with Crippen LogP contribution in [0, 0.1) is 6.92 Å². The van der Waals surface area contributed by atoms with Gasteiger partial charge in [-0.15, -0.1) is 0 Å². The van der Waals surface area contributed by atoms with Crippen LogP contribution in [-0.4, -0.2) is 46.8 Å². The van der Waals surface area contributed by atoms with E-state index in [9.17, 15) is 13.2 Å². The van der Waals surface area contributed by atoms with E-state index in [1.165, 1.54) is 12.1 Å². The Morgan fingerprint density at radius 1 is 1.09 bits per heavy atom.